The second-order valence-electron chi connectivity index (χ2n) is 7.17. The normalized spacial score (nSPS) is 10.5. The average Bonchev–Trinajstić information content (AvgIpc) is 2.79. The minimum absolute atomic E-state index is 0.130. The van der Waals surface area contributed by atoms with Crippen LogP contribution in [-0.4, -0.2) is 15.9 Å². The molecule has 0 unspecified atom stereocenters. The van der Waals surface area contributed by atoms with Crippen molar-refractivity contribution in [3.05, 3.63) is 106 Å². The number of halogens is 1. The average molecular weight is 473 g/mol. The summed E-state index contributed by atoms with van der Waals surface area (Å²) in [5.74, 6) is 0.535. The number of aryl methyl sites for hydroxylation is 1. The van der Waals surface area contributed by atoms with Crippen molar-refractivity contribution in [3.63, 3.8) is 0 Å². The summed E-state index contributed by atoms with van der Waals surface area (Å²) in [6.07, 6.45) is 1.53. The van der Waals surface area contributed by atoms with Gasteiger partial charge in [0.05, 0.1) is 5.69 Å². The van der Waals surface area contributed by atoms with E-state index in [1.165, 1.54) is 11.9 Å². The van der Waals surface area contributed by atoms with Crippen LogP contribution in [0.15, 0.2) is 89.7 Å². The molecule has 0 aliphatic carbocycles. The van der Waals surface area contributed by atoms with Crippen molar-refractivity contribution >= 4 is 33.3 Å². The monoisotopic (exact) mass is 472 g/mol. The van der Waals surface area contributed by atoms with Gasteiger partial charge < -0.3 is 10.6 Å². The van der Waals surface area contributed by atoms with E-state index in [1.54, 1.807) is 6.07 Å². The molecule has 0 saturated heterocycles. The van der Waals surface area contributed by atoms with E-state index < -0.39 is 0 Å². The molecule has 4 rings (SSSR count). The van der Waals surface area contributed by atoms with Crippen LogP contribution in [0.3, 0.4) is 0 Å². The highest BCUT2D eigenvalue weighted by Crippen LogP contribution is 2.22. The topological polar surface area (TPSA) is 66.9 Å². The number of amides is 1. The molecule has 0 aliphatic rings. The Morgan fingerprint density at radius 3 is 2.48 bits per heavy atom. The largest absolute Gasteiger partial charge is 0.348 e. The second-order valence-corrected chi connectivity index (χ2v) is 8.09. The summed E-state index contributed by atoms with van der Waals surface area (Å²) in [4.78, 5) is 21.3. The van der Waals surface area contributed by atoms with Crippen molar-refractivity contribution in [1.29, 1.82) is 0 Å². The predicted molar refractivity (Wildman–Crippen MR) is 127 cm³/mol. The SMILES string of the molecule is Cc1ccc(-c2cc(Nc3cccc(C(=O)NCc4ccc(Br)cc4)c3)ncn2)cc1. The van der Waals surface area contributed by atoms with E-state index in [2.05, 4.69) is 55.6 Å². The van der Waals surface area contributed by atoms with Gasteiger partial charge in [-0.3, -0.25) is 4.79 Å². The Labute approximate surface area is 189 Å². The quantitative estimate of drug-likeness (QED) is 0.367. The van der Waals surface area contributed by atoms with Gasteiger partial charge in [-0.1, -0.05) is 64.0 Å². The van der Waals surface area contributed by atoms with Crippen molar-refractivity contribution in [3.8, 4) is 11.3 Å². The number of anilines is 2. The molecule has 0 bridgehead atoms. The number of nitrogens with zero attached hydrogens (tertiary/aromatic N) is 2. The van der Waals surface area contributed by atoms with Crippen molar-refractivity contribution in [1.82, 2.24) is 15.3 Å². The van der Waals surface area contributed by atoms with E-state index in [0.29, 0.717) is 17.9 Å². The zero-order valence-corrected chi connectivity index (χ0v) is 18.6. The molecule has 1 aromatic heterocycles. The zero-order valence-electron chi connectivity index (χ0n) is 17.0. The van der Waals surface area contributed by atoms with Crippen LogP contribution in [0.1, 0.15) is 21.5 Å². The van der Waals surface area contributed by atoms with Gasteiger partial charge in [0.25, 0.3) is 5.91 Å². The van der Waals surface area contributed by atoms with E-state index in [1.807, 2.05) is 60.7 Å². The smallest absolute Gasteiger partial charge is 0.251 e. The van der Waals surface area contributed by atoms with Gasteiger partial charge in [0.15, 0.2) is 0 Å². The molecule has 31 heavy (non-hydrogen) atoms. The first-order valence-corrected chi connectivity index (χ1v) is 10.6. The summed E-state index contributed by atoms with van der Waals surface area (Å²) in [6.45, 7) is 2.52. The Balaban J connectivity index is 1.44. The first-order chi connectivity index (χ1) is 15.1. The Morgan fingerprint density at radius 1 is 0.935 bits per heavy atom. The van der Waals surface area contributed by atoms with Crippen LogP contribution in [0.4, 0.5) is 11.5 Å². The highest BCUT2D eigenvalue weighted by atomic mass is 79.9. The number of aromatic nitrogens is 2. The lowest BCUT2D eigenvalue weighted by atomic mass is 10.1. The molecular formula is C25H21BrN4O. The molecule has 0 aliphatic heterocycles. The van der Waals surface area contributed by atoms with Crippen LogP contribution in [0.5, 0.6) is 0 Å². The molecular weight excluding hydrogens is 452 g/mol. The fraction of sp³-hybridized carbons (Fsp3) is 0.0800. The Hall–Kier alpha value is -3.51. The van der Waals surface area contributed by atoms with Crippen LogP contribution in [0, 0.1) is 6.92 Å². The van der Waals surface area contributed by atoms with Gasteiger partial charge in [-0.05, 0) is 42.8 Å². The molecule has 2 N–H and O–H groups in total. The van der Waals surface area contributed by atoms with Crippen molar-refractivity contribution in [2.24, 2.45) is 0 Å². The maximum absolute atomic E-state index is 12.6. The summed E-state index contributed by atoms with van der Waals surface area (Å²) >= 11 is 3.41. The third-order valence-electron chi connectivity index (χ3n) is 4.78. The van der Waals surface area contributed by atoms with Crippen LogP contribution in [-0.2, 0) is 6.54 Å². The van der Waals surface area contributed by atoms with Gasteiger partial charge in [0.2, 0.25) is 0 Å². The summed E-state index contributed by atoms with van der Waals surface area (Å²) in [6, 6.07) is 25.3. The molecule has 4 aromatic rings. The lowest BCUT2D eigenvalue weighted by molar-refractivity contribution is 0.0951. The zero-order chi connectivity index (χ0) is 21.6. The Kier molecular flexibility index (Phi) is 6.38. The number of rotatable bonds is 6. The third kappa shape index (κ3) is 5.55. The molecule has 1 amide bonds. The van der Waals surface area contributed by atoms with Gasteiger partial charge in [-0.2, -0.15) is 0 Å². The van der Waals surface area contributed by atoms with E-state index in [4.69, 9.17) is 0 Å². The molecule has 0 fully saturated rings. The highest BCUT2D eigenvalue weighted by Gasteiger charge is 2.08. The molecule has 0 atom stereocenters. The van der Waals surface area contributed by atoms with Crippen molar-refractivity contribution in [2.75, 3.05) is 5.32 Å². The fourth-order valence-electron chi connectivity index (χ4n) is 3.08. The number of hydrogen-bond acceptors (Lipinski definition) is 4. The van der Waals surface area contributed by atoms with Crippen molar-refractivity contribution < 1.29 is 4.79 Å². The summed E-state index contributed by atoms with van der Waals surface area (Å²) in [7, 11) is 0. The third-order valence-corrected chi connectivity index (χ3v) is 5.31. The first-order valence-electron chi connectivity index (χ1n) is 9.86. The molecule has 154 valence electrons. The lowest BCUT2D eigenvalue weighted by Crippen LogP contribution is -2.22. The maximum Gasteiger partial charge on any atom is 0.251 e. The molecule has 3 aromatic carbocycles. The summed E-state index contributed by atoms with van der Waals surface area (Å²) in [5, 5.41) is 6.22. The molecule has 0 radical (unpaired) electrons. The fourth-order valence-corrected chi connectivity index (χ4v) is 3.34. The minimum atomic E-state index is -0.130. The first kappa shape index (κ1) is 20.8. The van der Waals surface area contributed by atoms with Gasteiger partial charge in [-0.25, -0.2) is 9.97 Å². The molecule has 6 heteroatoms. The number of benzene rings is 3. The molecule has 5 nitrogen and oxygen atoms in total. The Morgan fingerprint density at radius 2 is 1.71 bits per heavy atom. The van der Waals surface area contributed by atoms with E-state index in [-0.39, 0.29) is 5.91 Å². The lowest BCUT2D eigenvalue weighted by Gasteiger charge is -2.10. The van der Waals surface area contributed by atoms with Crippen LogP contribution >= 0.6 is 15.9 Å². The highest BCUT2D eigenvalue weighted by molar-refractivity contribution is 9.10. The summed E-state index contributed by atoms with van der Waals surface area (Å²) in [5.41, 5.74) is 5.46. The van der Waals surface area contributed by atoms with Gasteiger partial charge >= 0.3 is 0 Å². The number of carbonyl (C=O) groups excluding carboxylic acids is 1. The molecule has 0 saturated carbocycles. The van der Waals surface area contributed by atoms with Crippen LogP contribution in [0.2, 0.25) is 0 Å². The van der Waals surface area contributed by atoms with E-state index in [0.717, 1.165) is 27.0 Å². The molecule has 1 heterocycles. The molecule has 0 spiro atoms. The van der Waals surface area contributed by atoms with E-state index >= 15 is 0 Å². The van der Waals surface area contributed by atoms with Gasteiger partial charge in [0, 0.05) is 33.9 Å². The minimum Gasteiger partial charge on any atom is -0.348 e. The van der Waals surface area contributed by atoms with E-state index in [9.17, 15) is 4.79 Å². The maximum atomic E-state index is 12.6. The number of nitrogens with one attached hydrogen (secondary N) is 2. The van der Waals surface area contributed by atoms with Crippen LogP contribution in [0.25, 0.3) is 11.3 Å². The number of carbonyl (C=O) groups is 1. The van der Waals surface area contributed by atoms with Crippen LogP contribution < -0.4 is 10.6 Å². The second kappa shape index (κ2) is 9.53. The predicted octanol–water partition coefficient (Wildman–Crippen LogP) is 5.89. The summed E-state index contributed by atoms with van der Waals surface area (Å²) < 4.78 is 1.01. The van der Waals surface area contributed by atoms with Crippen molar-refractivity contribution in [2.45, 2.75) is 13.5 Å². The standard InChI is InChI=1S/C25H21BrN4O/c1-17-5-9-19(10-6-17)23-14-24(29-16-28-23)30-22-4-2-3-20(13-22)25(31)27-15-18-7-11-21(26)12-8-18/h2-14,16H,15H2,1H3,(H,27,31)(H,28,29,30). The van der Waals surface area contributed by atoms with Gasteiger partial charge in [0.1, 0.15) is 12.1 Å². The van der Waals surface area contributed by atoms with Gasteiger partial charge in [-0.15, -0.1) is 0 Å². The Bertz CT molecular complexity index is 1190. The number of hydrogen-bond donors (Lipinski definition) is 2.